The molecule has 0 saturated heterocycles. The number of thiol groups is 1. The van der Waals surface area contributed by atoms with Crippen LogP contribution in [0.1, 0.15) is 0 Å². The minimum absolute atomic E-state index is 0.967. The van der Waals surface area contributed by atoms with Gasteiger partial charge in [-0.2, -0.15) is 0 Å². The maximum Gasteiger partial charge on any atom is 0.0470 e. The quantitative estimate of drug-likeness (QED) is 0.155. The highest BCUT2D eigenvalue weighted by molar-refractivity contribution is 7.80. The summed E-state index contributed by atoms with van der Waals surface area (Å²) >= 11 is 5.05. The molecule has 0 fully saturated rings. The highest BCUT2D eigenvalue weighted by atomic mass is 32.1. The topological polar surface area (TPSA) is 12.0 Å². The summed E-state index contributed by atoms with van der Waals surface area (Å²) in [5.74, 6) is 0. The molecule has 0 atom stereocenters. The van der Waals surface area contributed by atoms with E-state index in [0.29, 0.717) is 0 Å². The summed E-state index contributed by atoms with van der Waals surface area (Å²) in [5, 5.41) is 3.72. The van der Waals surface area contributed by atoms with Crippen LogP contribution >= 0.6 is 12.6 Å². The Hall–Kier alpha value is -6.09. The first kappa shape index (κ1) is 31.2. The number of benzene rings is 8. The Kier molecular flexibility index (Phi) is 8.85. The minimum atomic E-state index is 0.967. The molecule has 0 aliphatic rings. The first-order valence-corrected chi connectivity index (χ1v) is 17.3. The minimum Gasteiger partial charge on any atom is -0.355 e. The Balaban J connectivity index is 1.14. The van der Waals surface area contributed by atoms with E-state index in [-0.39, 0.29) is 0 Å². The molecule has 8 aromatic rings. The molecule has 0 radical (unpaired) electrons. The molecule has 238 valence electrons. The summed E-state index contributed by atoms with van der Waals surface area (Å²) in [6, 6.07) is 70.9. The zero-order valence-corrected chi connectivity index (χ0v) is 28.4. The molecule has 8 aromatic carbocycles. The maximum atomic E-state index is 5.05. The van der Waals surface area contributed by atoms with Crippen LogP contribution in [-0.4, -0.2) is 0 Å². The van der Waals surface area contributed by atoms with Gasteiger partial charge in [-0.05, 0) is 91.5 Å². The Morgan fingerprint density at radius 1 is 0.280 bits per heavy atom. The van der Waals surface area contributed by atoms with Gasteiger partial charge >= 0.3 is 0 Å². The van der Waals surface area contributed by atoms with E-state index in [2.05, 4.69) is 193 Å². The fourth-order valence-electron chi connectivity index (χ4n) is 6.60. The lowest BCUT2D eigenvalue weighted by Gasteiger charge is -2.17. The zero-order chi connectivity index (χ0) is 33.7. The lowest BCUT2D eigenvalue weighted by Crippen LogP contribution is -1.95. The molecule has 0 aliphatic heterocycles. The molecule has 2 heteroatoms. The average Bonchev–Trinajstić information content (AvgIpc) is 3.19. The first-order valence-electron chi connectivity index (χ1n) is 16.9. The second kappa shape index (κ2) is 14.2. The highest BCUT2D eigenvalue weighted by Crippen LogP contribution is 2.40. The zero-order valence-electron chi connectivity index (χ0n) is 27.5. The standard InChI is InChI=1S/C48H35NS/c50-48-45(37-15-6-2-7-16-37)23-12-24-46(48)42-29-30-44(47(33-42)49-43-21-8-3-9-22-43)41-20-11-19-40(32-41)36-27-25-35(26-28-36)39-18-10-17-38(31-39)34-13-4-1-5-14-34/h1-33,49-50H. The van der Waals surface area contributed by atoms with Crippen molar-refractivity contribution in [2.45, 2.75) is 4.90 Å². The molecule has 0 unspecified atom stereocenters. The van der Waals surface area contributed by atoms with Gasteiger partial charge in [0.15, 0.2) is 0 Å². The summed E-state index contributed by atoms with van der Waals surface area (Å²) in [5.41, 5.74) is 16.1. The number of hydrogen-bond donors (Lipinski definition) is 2. The molecular formula is C48H35NS. The molecule has 0 spiro atoms. The average molecular weight is 658 g/mol. The van der Waals surface area contributed by atoms with Gasteiger partial charge in [0.1, 0.15) is 0 Å². The maximum absolute atomic E-state index is 5.05. The van der Waals surface area contributed by atoms with Crippen LogP contribution in [0.2, 0.25) is 0 Å². The molecule has 0 aliphatic carbocycles. The normalized spacial score (nSPS) is 10.9. The lowest BCUT2D eigenvalue weighted by molar-refractivity contribution is 1.43. The third-order valence-electron chi connectivity index (χ3n) is 9.20. The van der Waals surface area contributed by atoms with Crippen molar-refractivity contribution in [3.8, 4) is 66.8 Å². The van der Waals surface area contributed by atoms with Crippen molar-refractivity contribution >= 4 is 24.0 Å². The molecular weight excluding hydrogens is 623 g/mol. The van der Waals surface area contributed by atoms with E-state index < -0.39 is 0 Å². The lowest BCUT2D eigenvalue weighted by atomic mass is 9.93. The molecule has 1 N–H and O–H groups in total. The fourth-order valence-corrected chi connectivity index (χ4v) is 7.01. The molecule has 0 heterocycles. The number of hydrogen-bond acceptors (Lipinski definition) is 2. The van der Waals surface area contributed by atoms with Crippen molar-refractivity contribution in [1.82, 2.24) is 0 Å². The number of anilines is 2. The third-order valence-corrected chi connectivity index (χ3v) is 9.68. The molecule has 0 bridgehead atoms. The van der Waals surface area contributed by atoms with Crippen molar-refractivity contribution in [1.29, 1.82) is 0 Å². The van der Waals surface area contributed by atoms with Crippen molar-refractivity contribution < 1.29 is 0 Å². The van der Waals surface area contributed by atoms with Gasteiger partial charge in [0, 0.05) is 21.8 Å². The van der Waals surface area contributed by atoms with E-state index in [1.54, 1.807) is 0 Å². The van der Waals surface area contributed by atoms with Crippen molar-refractivity contribution in [3.05, 3.63) is 200 Å². The molecule has 50 heavy (non-hydrogen) atoms. The van der Waals surface area contributed by atoms with E-state index in [1.165, 1.54) is 33.4 Å². The van der Waals surface area contributed by atoms with Crippen molar-refractivity contribution in [2.75, 3.05) is 5.32 Å². The predicted molar refractivity (Wildman–Crippen MR) is 216 cm³/mol. The summed E-state index contributed by atoms with van der Waals surface area (Å²) in [6.07, 6.45) is 0. The van der Waals surface area contributed by atoms with Crippen LogP contribution < -0.4 is 5.32 Å². The summed E-state index contributed by atoms with van der Waals surface area (Å²) in [4.78, 5) is 0.967. The van der Waals surface area contributed by atoms with Crippen LogP contribution in [0.3, 0.4) is 0 Å². The molecule has 1 nitrogen and oxygen atoms in total. The van der Waals surface area contributed by atoms with Crippen LogP contribution in [0, 0.1) is 0 Å². The molecule has 8 rings (SSSR count). The monoisotopic (exact) mass is 657 g/mol. The smallest absolute Gasteiger partial charge is 0.0470 e. The summed E-state index contributed by atoms with van der Waals surface area (Å²) in [7, 11) is 0. The Morgan fingerprint density at radius 3 is 1.28 bits per heavy atom. The first-order chi connectivity index (χ1) is 24.7. The van der Waals surface area contributed by atoms with Gasteiger partial charge in [0.05, 0.1) is 0 Å². The SMILES string of the molecule is Sc1c(-c2ccccc2)cccc1-c1ccc(-c2cccc(-c3ccc(-c4cccc(-c5ccccc5)c4)cc3)c2)c(Nc2ccccc2)c1. The number of rotatable bonds is 8. The Morgan fingerprint density at radius 2 is 0.680 bits per heavy atom. The van der Waals surface area contributed by atoms with Crippen molar-refractivity contribution in [3.63, 3.8) is 0 Å². The summed E-state index contributed by atoms with van der Waals surface area (Å²) in [6.45, 7) is 0. The second-order valence-electron chi connectivity index (χ2n) is 12.4. The van der Waals surface area contributed by atoms with Gasteiger partial charge < -0.3 is 5.32 Å². The largest absolute Gasteiger partial charge is 0.355 e. The predicted octanol–water partition coefficient (Wildman–Crippen LogP) is 13.7. The molecule has 0 aromatic heterocycles. The van der Waals surface area contributed by atoms with Crippen LogP contribution in [0.4, 0.5) is 11.4 Å². The summed E-state index contributed by atoms with van der Waals surface area (Å²) < 4.78 is 0. The van der Waals surface area contributed by atoms with Gasteiger partial charge in [-0.1, -0.05) is 170 Å². The van der Waals surface area contributed by atoms with E-state index in [1.807, 2.05) is 12.1 Å². The second-order valence-corrected chi connectivity index (χ2v) is 12.9. The fraction of sp³-hybridized carbons (Fsp3) is 0. The van der Waals surface area contributed by atoms with E-state index >= 15 is 0 Å². The van der Waals surface area contributed by atoms with E-state index in [9.17, 15) is 0 Å². The van der Waals surface area contributed by atoms with E-state index in [4.69, 9.17) is 12.6 Å². The van der Waals surface area contributed by atoms with Crippen molar-refractivity contribution in [2.24, 2.45) is 0 Å². The van der Waals surface area contributed by atoms with Gasteiger partial charge in [-0.25, -0.2) is 0 Å². The van der Waals surface area contributed by atoms with E-state index in [0.717, 1.165) is 49.7 Å². The van der Waals surface area contributed by atoms with Crippen LogP contribution in [0.15, 0.2) is 205 Å². The number of nitrogens with one attached hydrogen (secondary N) is 1. The van der Waals surface area contributed by atoms with Gasteiger partial charge in [-0.3, -0.25) is 0 Å². The van der Waals surface area contributed by atoms with Gasteiger partial charge in [0.2, 0.25) is 0 Å². The molecule has 0 saturated carbocycles. The van der Waals surface area contributed by atoms with Crippen LogP contribution in [-0.2, 0) is 0 Å². The highest BCUT2D eigenvalue weighted by Gasteiger charge is 2.14. The molecule has 0 amide bonds. The van der Waals surface area contributed by atoms with Gasteiger partial charge in [-0.15, -0.1) is 12.6 Å². The van der Waals surface area contributed by atoms with Gasteiger partial charge in [0.25, 0.3) is 0 Å². The Bertz CT molecular complexity index is 2380. The van der Waals surface area contributed by atoms with Crippen LogP contribution in [0.25, 0.3) is 66.8 Å². The third kappa shape index (κ3) is 6.62. The van der Waals surface area contributed by atoms with Crippen LogP contribution in [0.5, 0.6) is 0 Å². The number of para-hydroxylation sites is 1. The Labute approximate surface area is 300 Å².